The van der Waals surface area contributed by atoms with Crippen molar-refractivity contribution < 1.29 is 9.53 Å². The Hall–Kier alpha value is -1.86. The fourth-order valence-electron chi connectivity index (χ4n) is 3.69. The van der Waals surface area contributed by atoms with E-state index in [9.17, 15) is 9.59 Å². The van der Waals surface area contributed by atoms with Crippen LogP contribution in [0.2, 0.25) is 0 Å². The van der Waals surface area contributed by atoms with Gasteiger partial charge in [0.05, 0.1) is 23.3 Å². The monoisotopic (exact) mass is 373 g/mol. The second-order valence-corrected chi connectivity index (χ2v) is 8.04. The van der Waals surface area contributed by atoms with E-state index in [1.54, 1.807) is 6.07 Å². The molecule has 1 amide bonds. The first-order chi connectivity index (χ1) is 12.7. The van der Waals surface area contributed by atoms with Gasteiger partial charge in [-0.05, 0) is 37.1 Å². The minimum absolute atomic E-state index is 0.0211. The first kappa shape index (κ1) is 17.5. The summed E-state index contributed by atoms with van der Waals surface area (Å²) in [5.74, 6) is 2.02. The fourth-order valence-corrected chi connectivity index (χ4v) is 4.91. The van der Waals surface area contributed by atoms with Crippen molar-refractivity contribution in [2.75, 3.05) is 24.7 Å². The number of para-hydroxylation sites is 1. The van der Waals surface area contributed by atoms with Crippen LogP contribution in [0, 0.1) is 0 Å². The topological polar surface area (TPSA) is 64.4 Å². The molecule has 2 aliphatic rings. The number of benzene rings is 1. The third kappa shape index (κ3) is 3.64. The van der Waals surface area contributed by atoms with Crippen molar-refractivity contribution in [2.24, 2.45) is 0 Å². The molecule has 0 aliphatic carbocycles. The number of aromatic nitrogens is 2. The zero-order valence-corrected chi connectivity index (χ0v) is 15.5. The van der Waals surface area contributed by atoms with Crippen LogP contribution in [0.1, 0.15) is 19.3 Å². The number of carbonyl (C=O) groups excluding carboxylic acids is 1. The molecule has 0 spiro atoms. The molecule has 3 heterocycles. The molecule has 1 aromatic heterocycles. The van der Waals surface area contributed by atoms with E-state index in [4.69, 9.17) is 4.74 Å². The molecule has 0 unspecified atom stereocenters. The Balaban J connectivity index is 1.55. The Morgan fingerprint density at radius 1 is 1.35 bits per heavy atom. The van der Waals surface area contributed by atoms with Crippen LogP contribution < -0.4 is 5.56 Å². The van der Waals surface area contributed by atoms with Gasteiger partial charge in [-0.1, -0.05) is 12.1 Å². The minimum atomic E-state index is -0.165. The SMILES string of the molecule is O=C(Cn1cnc2ccccc2c1=O)N(C[C@@H]1CCCO1)[C@@H]1CCSC1. The second kappa shape index (κ2) is 7.80. The lowest BCUT2D eigenvalue weighted by atomic mass is 10.1. The molecule has 2 atom stereocenters. The standard InChI is InChI=1S/C19H23N3O3S/c23-18(11-21-13-20-17-6-2-1-5-16(17)19(21)24)22(14-7-9-26-12-14)10-15-4-3-8-25-15/h1-2,5-6,13-15H,3-4,7-12H2/t14-,15+/m1/s1. The summed E-state index contributed by atoms with van der Waals surface area (Å²) in [5, 5.41) is 0.546. The van der Waals surface area contributed by atoms with Crippen LogP contribution in [-0.2, 0) is 16.1 Å². The zero-order chi connectivity index (χ0) is 17.9. The number of rotatable bonds is 5. The molecule has 2 saturated heterocycles. The highest BCUT2D eigenvalue weighted by molar-refractivity contribution is 7.99. The molecule has 7 heteroatoms. The lowest BCUT2D eigenvalue weighted by Gasteiger charge is -2.31. The van der Waals surface area contributed by atoms with Gasteiger partial charge in [-0.2, -0.15) is 11.8 Å². The Morgan fingerprint density at radius 3 is 3.00 bits per heavy atom. The molecule has 6 nitrogen and oxygen atoms in total. The van der Waals surface area contributed by atoms with Crippen molar-refractivity contribution in [3.8, 4) is 0 Å². The number of fused-ring (bicyclic) bond motifs is 1. The smallest absolute Gasteiger partial charge is 0.261 e. The number of thioether (sulfide) groups is 1. The Kier molecular flexibility index (Phi) is 5.26. The van der Waals surface area contributed by atoms with E-state index < -0.39 is 0 Å². The maximum atomic E-state index is 13.0. The molecule has 1 aromatic carbocycles. The van der Waals surface area contributed by atoms with Gasteiger partial charge in [0.15, 0.2) is 0 Å². The van der Waals surface area contributed by atoms with Gasteiger partial charge in [0.1, 0.15) is 6.54 Å². The second-order valence-electron chi connectivity index (χ2n) is 6.89. The van der Waals surface area contributed by atoms with Crippen molar-refractivity contribution in [3.63, 3.8) is 0 Å². The Morgan fingerprint density at radius 2 is 2.23 bits per heavy atom. The van der Waals surface area contributed by atoms with Crippen LogP contribution in [0.25, 0.3) is 10.9 Å². The van der Waals surface area contributed by atoms with Crippen LogP contribution >= 0.6 is 11.8 Å². The quantitative estimate of drug-likeness (QED) is 0.801. The van der Waals surface area contributed by atoms with Gasteiger partial charge >= 0.3 is 0 Å². The first-order valence-corrected chi connectivity index (χ1v) is 10.3. The Labute approximate surface area is 156 Å². The van der Waals surface area contributed by atoms with Crippen LogP contribution in [-0.4, -0.2) is 57.2 Å². The molecule has 4 rings (SSSR count). The third-order valence-electron chi connectivity index (χ3n) is 5.13. The predicted octanol–water partition coefficient (Wildman–Crippen LogP) is 1.91. The van der Waals surface area contributed by atoms with Crippen molar-refractivity contribution in [1.82, 2.24) is 14.5 Å². The molecule has 0 saturated carbocycles. The maximum Gasteiger partial charge on any atom is 0.261 e. The average Bonchev–Trinajstić information content (AvgIpc) is 3.36. The number of carbonyl (C=O) groups is 1. The summed E-state index contributed by atoms with van der Waals surface area (Å²) in [6.45, 7) is 1.44. The summed E-state index contributed by atoms with van der Waals surface area (Å²) in [6.07, 6.45) is 4.67. The van der Waals surface area contributed by atoms with Gasteiger partial charge in [-0.15, -0.1) is 0 Å². The molecule has 26 heavy (non-hydrogen) atoms. The lowest BCUT2D eigenvalue weighted by Crippen LogP contribution is -2.46. The average molecular weight is 373 g/mol. The summed E-state index contributed by atoms with van der Waals surface area (Å²) in [6, 6.07) is 7.47. The summed E-state index contributed by atoms with van der Waals surface area (Å²) in [7, 11) is 0. The molecular weight excluding hydrogens is 350 g/mol. The zero-order valence-electron chi connectivity index (χ0n) is 14.7. The minimum Gasteiger partial charge on any atom is -0.376 e. The largest absolute Gasteiger partial charge is 0.376 e. The number of ether oxygens (including phenoxy) is 1. The van der Waals surface area contributed by atoms with E-state index in [0.29, 0.717) is 17.4 Å². The highest BCUT2D eigenvalue weighted by Gasteiger charge is 2.30. The Bertz CT molecular complexity index is 841. The molecule has 0 bridgehead atoms. The molecule has 2 aliphatic heterocycles. The molecular formula is C19H23N3O3S. The predicted molar refractivity (Wildman–Crippen MR) is 102 cm³/mol. The highest BCUT2D eigenvalue weighted by Crippen LogP contribution is 2.24. The molecule has 0 radical (unpaired) electrons. The van der Waals surface area contributed by atoms with Gasteiger partial charge in [-0.3, -0.25) is 14.2 Å². The van der Waals surface area contributed by atoms with Crippen molar-refractivity contribution in [3.05, 3.63) is 40.9 Å². The summed E-state index contributed by atoms with van der Waals surface area (Å²) in [5.41, 5.74) is 0.492. The van der Waals surface area contributed by atoms with Crippen LogP contribution in [0.3, 0.4) is 0 Å². The van der Waals surface area contributed by atoms with Gasteiger partial charge in [0.2, 0.25) is 5.91 Å². The van der Waals surface area contributed by atoms with Crippen LogP contribution in [0.15, 0.2) is 35.4 Å². The van der Waals surface area contributed by atoms with Gasteiger partial charge in [0, 0.05) is 24.9 Å². The van der Waals surface area contributed by atoms with E-state index >= 15 is 0 Å². The summed E-state index contributed by atoms with van der Waals surface area (Å²) >= 11 is 1.88. The van der Waals surface area contributed by atoms with Gasteiger partial charge in [-0.25, -0.2) is 4.98 Å². The normalized spacial score (nSPS) is 22.8. The fraction of sp³-hybridized carbons (Fsp3) is 0.526. The van der Waals surface area contributed by atoms with E-state index in [1.807, 2.05) is 34.9 Å². The number of nitrogens with zero attached hydrogens (tertiary/aromatic N) is 3. The third-order valence-corrected chi connectivity index (χ3v) is 6.27. The molecule has 2 fully saturated rings. The van der Waals surface area contributed by atoms with Gasteiger partial charge in [0.25, 0.3) is 5.56 Å². The van der Waals surface area contributed by atoms with E-state index in [-0.39, 0.29) is 30.2 Å². The summed E-state index contributed by atoms with van der Waals surface area (Å²) < 4.78 is 7.17. The maximum absolute atomic E-state index is 13.0. The molecule has 2 aromatic rings. The van der Waals surface area contributed by atoms with Crippen molar-refractivity contribution in [2.45, 2.75) is 38.0 Å². The number of hydrogen-bond acceptors (Lipinski definition) is 5. The van der Waals surface area contributed by atoms with E-state index in [2.05, 4.69) is 4.98 Å². The highest BCUT2D eigenvalue weighted by atomic mass is 32.2. The van der Waals surface area contributed by atoms with Crippen molar-refractivity contribution >= 4 is 28.6 Å². The van der Waals surface area contributed by atoms with E-state index in [1.165, 1.54) is 10.9 Å². The van der Waals surface area contributed by atoms with Crippen LogP contribution in [0.4, 0.5) is 0 Å². The summed E-state index contributed by atoms with van der Waals surface area (Å²) in [4.78, 5) is 32.0. The van der Waals surface area contributed by atoms with Crippen molar-refractivity contribution in [1.29, 1.82) is 0 Å². The first-order valence-electron chi connectivity index (χ1n) is 9.15. The number of hydrogen-bond donors (Lipinski definition) is 0. The molecule has 0 N–H and O–H groups in total. The van der Waals surface area contributed by atoms with Crippen LogP contribution in [0.5, 0.6) is 0 Å². The number of amides is 1. The molecule has 138 valence electrons. The van der Waals surface area contributed by atoms with Gasteiger partial charge < -0.3 is 9.64 Å². The lowest BCUT2D eigenvalue weighted by molar-refractivity contribution is -0.135. The van der Waals surface area contributed by atoms with E-state index in [0.717, 1.165) is 37.4 Å².